The first-order chi connectivity index (χ1) is 5.07. The van der Waals surface area contributed by atoms with E-state index in [9.17, 15) is 4.79 Å². The zero-order chi connectivity index (χ0) is 8.85. The Kier molecular flexibility index (Phi) is 5.50. The summed E-state index contributed by atoms with van der Waals surface area (Å²) in [5, 5.41) is 8.39. The van der Waals surface area contributed by atoms with E-state index in [0.717, 1.165) is 7.89 Å². The van der Waals surface area contributed by atoms with E-state index in [4.69, 9.17) is 5.11 Å². The second kappa shape index (κ2) is 5.55. The summed E-state index contributed by atoms with van der Waals surface area (Å²) in [5.74, 6) is -0.983. The predicted octanol–water partition coefficient (Wildman–Crippen LogP) is 2.38. The van der Waals surface area contributed by atoms with E-state index in [1.165, 1.54) is 0 Å². The molecule has 0 fully saturated rings. The summed E-state index contributed by atoms with van der Waals surface area (Å²) < 4.78 is 4.04. The zero-order valence-corrected chi connectivity index (χ0v) is 8.84. The Balaban J connectivity index is 3.98. The SMILES string of the molecule is C=P[P+](P)=NCC(=C)C(=O)O. The summed E-state index contributed by atoms with van der Waals surface area (Å²) in [7, 11) is 2.89. The van der Waals surface area contributed by atoms with Crippen LogP contribution in [0.3, 0.4) is 0 Å². The molecule has 1 N–H and O–H groups in total. The van der Waals surface area contributed by atoms with Crippen LogP contribution in [0.15, 0.2) is 16.9 Å². The molecule has 0 heterocycles. The maximum absolute atomic E-state index is 10.2. The third-order valence-corrected chi connectivity index (χ3v) is 4.78. The Morgan fingerprint density at radius 3 is 2.73 bits per heavy atom. The van der Waals surface area contributed by atoms with Gasteiger partial charge >= 0.3 is 5.97 Å². The number of aliphatic carboxylic acids is 1. The van der Waals surface area contributed by atoms with Crippen LogP contribution in [0.5, 0.6) is 0 Å². The lowest BCUT2D eigenvalue weighted by Gasteiger charge is -1.88. The van der Waals surface area contributed by atoms with Crippen molar-refractivity contribution in [2.45, 2.75) is 0 Å². The molecule has 3 nitrogen and oxygen atoms in total. The van der Waals surface area contributed by atoms with Crippen LogP contribution in [0.1, 0.15) is 0 Å². The van der Waals surface area contributed by atoms with Crippen LogP contribution in [-0.4, -0.2) is 23.9 Å². The number of rotatable bonds is 4. The molecule has 2 unspecified atom stereocenters. The maximum atomic E-state index is 10.2. The molecule has 0 aliphatic rings. The van der Waals surface area contributed by atoms with Gasteiger partial charge in [0.05, 0.1) is 5.57 Å². The highest BCUT2D eigenvalue weighted by molar-refractivity contribution is 8.42. The van der Waals surface area contributed by atoms with Crippen LogP contribution < -0.4 is 0 Å². The van der Waals surface area contributed by atoms with Crippen molar-refractivity contribution in [3.63, 3.8) is 0 Å². The monoisotopic (exact) mass is 208 g/mol. The van der Waals surface area contributed by atoms with Gasteiger partial charge in [0, 0.05) is 0 Å². The Hall–Kier alpha value is -0.0900. The fourth-order valence-electron chi connectivity index (χ4n) is 0.270. The maximum Gasteiger partial charge on any atom is 0.333 e. The van der Waals surface area contributed by atoms with Crippen LogP contribution in [0.4, 0.5) is 0 Å². The van der Waals surface area contributed by atoms with Crippen molar-refractivity contribution in [3.8, 4) is 0 Å². The first kappa shape index (κ1) is 10.9. The summed E-state index contributed by atoms with van der Waals surface area (Å²) in [6.45, 7) is 3.55. The van der Waals surface area contributed by atoms with Gasteiger partial charge in [-0.1, -0.05) is 11.3 Å². The van der Waals surface area contributed by atoms with Gasteiger partial charge in [0.2, 0.25) is 0 Å². The molecule has 0 aromatic carbocycles. The van der Waals surface area contributed by atoms with Gasteiger partial charge in [0.1, 0.15) is 15.5 Å². The topological polar surface area (TPSA) is 49.7 Å². The second-order valence-electron chi connectivity index (χ2n) is 1.67. The van der Waals surface area contributed by atoms with E-state index in [1.54, 1.807) is 0 Å². The van der Waals surface area contributed by atoms with E-state index >= 15 is 0 Å². The minimum absolute atomic E-state index is 0.128. The molecular formula is C5H9NO2P3+. The second-order valence-corrected chi connectivity index (χ2v) is 7.73. The van der Waals surface area contributed by atoms with Crippen LogP contribution >= 0.6 is 23.9 Å². The van der Waals surface area contributed by atoms with Crippen LogP contribution in [-0.2, 0) is 4.79 Å². The van der Waals surface area contributed by atoms with E-state index in [-0.39, 0.29) is 12.1 Å². The number of hydrogen-bond donors (Lipinski definition) is 1. The van der Waals surface area contributed by atoms with Crippen molar-refractivity contribution in [2.75, 3.05) is 6.54 Å². The van der Waals surface area contributed by atoms with Crippen LogP contribution in [0.25, 0.3) is 0 Å². The van der Waals surface area contributed by atoms with Crippen molar-refractivity contribution in [2.24, 2.45) is 4.74 Å². The average Bonchev–Trinajstić information content (AvgIpc) is 1.99. The van der Waals surface area contributed by atoms with Crippen LogP contribution in [0.2, 0.25) is 0 Å². The molecule has 60 valence electrons. The lowest BCUT2D eigenvalue weighted by molar-refractivity contribution is -0.132. The third kappa shape index (κ3) is 5.21. The molecule has 11 heavy (non-hydrogen) atoms. The molecule has 0 aliphatic heterocycles. The summed E-state index contributed by atoms with van der Waals surface area (Å²) in [6, 6.07) is 0. The highest BCUT2D eigenvalue weighted by Gasteiger charge is 2.05. The molecule has 0 aromatic rings. The van der Waals surface area contributed by atoms with Crippen molar-refractivity contribution in [1.82, 2.24) is 0 Å². The number of hydrogen-bond acceptors (Lipinski definition) is 2. The van der Waals surface area contributed by atoms with E-state index in [0.29, 0.717) is 0 Å². The molecule has 0 bridgehead atoms. The molecule has 0 spiro atoms. The Labute approximate surface area is 70.2 Å². The van der Waals surface area contributed by atoms with Crippen LogP contribution in [0, 0.1) is 0 Å². The number of carboxylic acids is 1. The lowest BCUT2D eigenvalue weighted by atomic mass is 10.3. The molecule has 0 aromatic heterocycles. The van der Waals surface area contributed by atoms with Crippen molar-refractivity contribution >= 4 is 36.2 Å². The molecule has 0 saturated heterocycles. The Morgan fingerprint density at radius 1 is 1.82 bits per heavy atom. The minimum Gasteiger partial charge on any atom is -0.478 e. The zero-order valence-electron chi connectivity index (χ0n) is 5.90. The average molecular weight is 208 g/mol. The van der Waals surface area contributed by atoms with E-state index < -0.39 is 13.1 Å². The largest absolute Gasteiger partial charge is 0.478 e. The standard InChI is InChI=1S/C5H8NO2P3/c1-4(5(7)8)3-6-11(9)10-2/h1-3,9H2/p+1. The van der Waals surface area contributed by atoms with Gasteiger partial charge < -0.3 is 5.11 Å². The predicted molar refractivity (Wildman–Crippen MR) is 54.7 cm³/mol. The Bertz CT molecular complexity index is 224. The number of nitrogens with zero attached hydrogens (tertiary/aromatic N) is 1. The Morgan fingerprint density at radius 2 is 2.36 bits per heavy atom. The number of carboxylic acid groups (broad SMARTS) is 1. The summed E-state index contributed by atoms with van der Waals surface area (Å²) in [6.07, 6.45) is 3.62. The minimum atomic E-state index is -0.983. The fourth-order valence-corrected chi connectivity index (χ4v) is 1.38. The molecule has 2 atom stereocenters. The molecule has 6 heteroatoms. The molecular weight excluding hydrogens is 199 g/mol. The first-order valence-electron chi connectivity index (χ1n) is 2.68. The molecule has 0 saturated carbocycles. The van der Waals surface area contributed by atoms with Gasteiger partial charge in [-0.3, -0.25) is 0 Å². The van der Waals surface area contributed by atoms with Crippen molar-refractivity contribution < 1.29 is 9.90 Å². The summed E-state index contributed by atoms with van der Waals surface area (Å²) in [5.41, 5.74) is 0.128. The highest BCUT2D eigenvalue weighted by atomic mass is 32.4. The van der Waals surface area contributed by atoms with E-state index in [2.05, 4.69) is 26.6 Å². The van der Waals surface area contributed by atoms with Gasteiger partial charge in [-0.25, -0.2) is 4.79 Å². The molecule has 0 amide bonds. The third-order valence-electron chi connectivity index (χ3n) is 0.854. The lowest BCUT2D eigenvalue weighted by Crippen LogP contribution is -2.00. The summed E-state index contributed by atoms with van der Waals surface area (Å²) in [4.78, 5) is 10.2. The molecule has 0 rings (SSSR count). The van der Waals surface area contributed by atoms with Gasteiger partial charge in [0.25, 0.3) is 7.09 Å². The van der Waals surface area contributed by atoms with Crippen molar-refractivity contribution in [3.05, 3.63) is 12.2 Å². The van der Waals surface area contributed by atoms with Gasteiger partial charge in [-0.15, -0.1) is 0 Å². The van der Waals surface area contributed by atoms with Gasteiger partial charge in [-0.05, 0) is 6.30 Å². The first-order valence-corrected chi connectivity index (χ1v) is 7.37. The van der Waals surface area contributed by atoms with Gasteiger partial charge in [0.15, 0.2) is 7.89 Å². The normalized spacial score (nSPS) is 11.5. The number of carbonyl (C=O) groups is 1. The van der Waals surface area contributed by atoms with Gasteiger partial charge in [-0.2, -0.15) is 0 Å². The smallest absolute Gasteiger partial charge is 0.333 e. The summed E-state index contributed by atoms with van der Waals surface area (Å²) >= 11 is 0. The van der Waals surface area contributed by atoms with Crippen molar-refractivity contribution in [1.29, 1.82) is 0 Å². The quantitative estimate of drug-likeness (QED) is 0.569. The fraction of sp³-hybridized carbons (Fsp3) is 0.200. The molecule has 0 radical (unpaired) electrons. The molecule has 0 aliphatic carbocycles. The highest BCUT2D eigenvalue weighted by Crippen LogP contribution is 2.47. The van der Waals surface area contributed by atoms with E-state index in [1.807, 2.05) is 0 Å².